The zero-order valence-corrected chi connectivity index (χ0v) is 17.5. The Kier molecular flexibility index (Phi) is 9.41. The number of carbonyl (C=O) groups excluding carboxylic acids is 2. The number of hydrazone groups is 1. The van der Waals surface area contributed by atoms with Crippen LogP contribution in [0.5, 0.6) is 0 Å². The van der Waals surface area contributed by atoms with Crippen LogP contribution >= 0.6 is 11.8 Å². The van der Waals surface area contributed by atoms with Crippen molar-refractivity contribution in [1.82, 2.24) is 5.01 Å². The van der Waals surface area contributed by atoms with Gasteiger partial charge in [0.2, 0.25) is 11.0 Å². The van der Waals surface area contributed by atoms with Gasteiger partial charge >= 0.3 is 5.97 Å². The van der Waals surface area contributed by atoms with Gasteiger partial charge < -0.3 is 4.74 Å². The maximum absolute atomic E-state index is 12.7. The second kappa shape index (κ2) is 11.0. The maximum Gasteiger partial charge on any atom is 0.365 e. The van der Waals surface area contributed by atoms with Gasteiger partial charge in [-0.25, -0.2) is 9.80 Å². The molecular formula is C20H30N2O3S. The van der Waals surface area contributed by atoms with Crippen LogP contribution in [0.25, 0.3) is 0 Å². The zero-order chi connectivity index (χ0) is 19.7. The molecule has 0 atom stereocenters. The Morgan fingerprint density at radius 1 is 1.08 bits per heavy atom. The highest BCUT2D eigenvalue weighted by Gasteiger charge is 2.18. The second-order valence-corrected chi connectivity index (χ2v) is 6.67. The van der Waals surface area contributed by atoms with Crippen molar-refractivity contribution in [2.24, 2.45) is 5.10 Å². The molecule has 6 heteroatoms. The van der Waals surface area contributed by atoms with Crippen molar-refractivity contribution in [1.29, 1.82) is 0 Å². The molecule has 0 fully saturated rings. The van der Waals surface area contributed by atoms with E-state index in [1.807, 2.05) is 0 Å². The van der Waals surface area contributed by atoms with Gasteiger partial charge in [0.25, 0.3) is 0 Å². The van der Waals surface area contributed by atoms with Crippen LogP contribution in [0, 0.1) is 0 Å². The van der Waals surface area contributed by atoms with Gasteiger partial charge in [0, 0.05) is 7.05 Å². The molecule has 0 unspecified atom stereocenters. The molecule has 0 aliphatic heterocycles. The Labute approximate surface area is 161 Å². The first-order valence-corrected chi connectivity index (χ1v) is 10.3. The molecule has 0 N–H and O–H groups in total. The molecule has 0 heterocycles. The maximum atomic E-state index is 12.7. The summed E-state index contributed by atoms with van der Waals surface area (Å²) in [5.41, 5.74) is 4.80. The van der Waals surface area contributed by atoms with E-state index in [-0.39, 0.29) is 24.0 Å². The van der Waals surface area contributed by atoms with Crippen molar-refractivity contribution in [3.63, 3.8) is 0 Å². The molecule has 0 spiro atoms. The molecule has 1 aromatic carbocycles. The van der Waals surface area contributed by atoms with Crippen LogP contribution in [0.3, 0.4) is 0 Å². The quantitative estimate of drug-likeness (QED) is 0.315. The van der Waals surface area contributed by atoms with Crippen LogP contribution in [0.4, 0.5) is 0 Å². The molecule has 0 bridgehead atoms. The lowest BCUT2D eigenvalue weighted by atomic mass is 9.91. The molecule has 1 amide bonds. The van der Waals surface area contributed by atoms with Gasteiger partial charge in [0.15, 0.2) is 0 Å². The Balaban J connectivity index is 3.07. The van der Waals surface area contributed by atoms with Gasteiger partial charge in [-0.15, -0.1) is 11.8 Å². The molecule has 0 aliphatic carbocycles. The minimum atomic E-state index is -0.504. The van der Waals surface area contributed by atoms with Crippen LogP contribution in [-0.4, -0.2) is 41.8 Å². The zero-order valence-electron chi connectivity index (χ0n) is 16.7. The molecule has 0 saturated heterocycles. The number of likely N-dealkylation sites (N-methyl/N-ethyl adjacent to an activating group) is 1. The fourth-order valence-corrected chi connectivity index (χ4v) is 3.18. The first kappa shape index (κ1) is 22.2. The van der Waals surface area contributed by atoms with Crippen LogP contribution < -0.4 is 0 Å². The van der Waals surface area contributed by atoms with E-state index < -0.39 is 5.97 Å². The molecule has 1 rings (SSSR count). The molecule has 26 heavy (non-hydrogen) atoms. The summed E-state index contributed by atoms with van der Waals surface area (Å²) in [6.07, 6.45) is 4.77. The largest absolute Gasteiger partial charge is 0.461 e. The number of rotatable bonds is 7. The van der Waals surface area contributed by atoms with E-state index in [9.17, 15) is 9.59 Å². The van der Waals surface area contributed by atoms with Gasteiger partial charge in [-0.3, -0.25) is 4.79 Å². The molecular weight excluding hydrogens is 348 g/mol. The predicted octanol–water partition coefficient (Wildman–Crippen LogP) is 3.61. The minimum Gasteiger partial charge on any atom is -0.461 e. The van der Waals surface area contributed by atoms with E-state index in [4.69, 9.17) is 4.74 Å². The highest BCUT2D eigenvalue weighted by molar-refractivity contribution is 8.15. The molecule has 0 aromatic heterocycles. The minimum absolute atomic E-state index is 0.144. The van der Waals surface area contributed by atoms with Crippen LogP contribution in [0.15, 0.2) is 17.2 Å². The van der Waals surface area contributed by atoms with Gasteiger partial charge in [0.05, 0.1) is 13.0 Å². The number of ether oxygens (including phenoxy) is 1. The second-order valence-electron chi connectivity index (χ2n) is 5.88. The average Bonchev–Trinajstić information content (AvgIpc) is 2.65. The topological polar surface area (TPSA) is 59.0 Å². The van der Waals surface area contributed by atoms with Gasteiger partial charge in [-0.1, -0.05) is 32.9 Å². The monoisotopic (exact) mass is 378 g/mol. The van der Waals surface area contributed by atoms with Crippen LogP contribution in [0.1, 0.15) is 49.9 Å². The van der Waals surface area contributed by atoms with Crippen LogP contribution in [0.2, 0.25) is 0 Å². The highest BCUT2D eigenvalue weighted by atomic mass is 32.2. The van der Waals surface area contributed by atoms with Gasteiger partial charge in [-0.2, -0.15) is 5.10 Å². The summed E-state index contributed by atoms with van der Waals surface area (Å²) < 4.78 is 4.96. The summed E-state index contributed by atoms with van der Waals surface area (Å²) in [7, 11) is 1.58. The molecule has 1 aromatic rings. The molecule has 0 radical (unpaired) electrons. The number of amides is 1. The van der Waals surface area contributed by atoms with E-state index in [1.165, 1.54) is 33.5 Å². The third kappa shape index (κ3) is 5.87. The number of aryl methyl sites for hydroxylation is 3. The van der Waals surface area contributed by atoms with E-state index >= 15 is 0 Å². The summed E-state index contributed by atoms with van der Waals surface area (Å²) >= 11 is 1.17. The van der Waals surface area contributed by atoms with Crippen LogP contribution in [-0.2, 0) is 40.0 Å². The number of carbonyl (C=O) groups is 2. The molecule has 0 aliphatic rings. The molecule has 5 nitrogen and oxygen atoms in total. The van der Waals surface area contributed by atoms with Crippen molar-refractivity contribution in [3.8, 4) is 0 Å². The summed E-state index contributed by atoms with van der Waals surface area (Å²) in [5.74, 6) is -0.648. The summed E-state index contributed by atoms with van der Waals surface area (Å²) in [4.78, 5) is 24.5. The normalized spacial score (nSPS) is 11.4. The lowest BCUT2D eigenvalue weighted by Crippen LogP contribution is -2.27. The predicted molar refractivity (Wildman–Crippen MR) is 109 cm³/mol. The third-order valence-corrected chi connectivity index (χ3v) is 4.87. The lowest BCUT2D eigenvalue weighted by molar-refractivity contribution is -0.134. The van der Waals surface area contributed by atoms with Gasteiger partial charge in [0.1, 0.15) is 0 Å². The van der Waals surface area contributed by atoms with Crippen molar-refractivity contribution >= 4 is 28.7 Å². The van der Waals surface area contributed by atoms with E-state index in [0.717, 1.165) is 24.8 Å². The summed E-state index contributed by atoms with van der Waals surface area (Å²) in [6.45, 7) is 8.37. The lowest BCUT2D eigenvalue weighted by Gasteiger charge is -2.18. The Morgan fingerprint density at radius 3 is 2.08 bits per heavy atom. The fourth-order valence-electron chi connectivity index (χ4n) is 2.75. The van der Waals surface area contributed by atoms with Crippen molar-refractivity contribution in [2.75, 3.05) is 19.9 Å². The third-order valence-electron chi connectivity index (χ3n) is 4.24. The number of thioether (sulfide) groups is 1. The number of hydrogen-bond acceptors (Lipinski definition) is 5. The summed E-state index contributed by atoms with van der Waals surface area (Å²) in [5, 5.41) is 5.56. The Bertz CT molecular complexity index is 646. The van der Waals surface area contributed by atoms with Crippen molar-refractivity contribution in [3.05, 3.63) is 34.4 Å². The molecule has 0 saturated carbocycles. The van der Waals surface area contributed by atoms with E-state index in [1.54, 1.807) is 20.2 Å². The first-order chi connectivity index (χ1) is 12.4. The number of benzene rings is 1. The van der Waals surface area contributed by atoms with E-state index in [2.05, 4.69) is 38.0 Å². The van der Waals surface area contributed by atoms with Gasteiger partial charge in [-0.05, 0) is 54.7 Å². The number of hydrogen-bond donors (Lipinski definition) is 0. The number of esters is 1. The fraction of sp³-hybridized carbons (Fsp3) is 0.550. The van der Waals surface area contributed by atoms with E-state index in [0.29, 0.717) is 0 Å². The highest BCUT2D eigenvalue weighted by Crippen LogP contribution is 2.21. The average molecular weight is 379 g/mol. The summed E-state index contributed by atoms with van der Waals surface area (Å²) in [6, 6.07) is 4.38. The standard InChI is InChI=1S/C20H30N2O3S/c1-7-14-11-15(8-2)17(16(9-3)12-14)13-18(23)22(5)21-19(26-6)20(24)25-10-4/h11-12H,7-10,13H2,1-6H3/b21-19-. The molecule has 144 valence electrons. The Hall–Kier alpha value is -1.82. The van der Waals surface area contributed by atoms with Crippen molar-refractivity contribution < 1.29 is 14.3 Å². The number of nitrogens with zero attached hydrogens (tertiary/aromatic N) is 2. The Morgan fingerprint density at radius 2 is 1.65 bits per heavy atom. The first-order valence-electron chi connectivity index (χ1n) is 9.11. The smallest absolute Gasteiger partial charge is 0.365 e. The van der Waals surface area contributed by atoms with Crippen molar-refractivity contribution in [2.45, 2.75) is 53.4 Å². The SMILES string of the molecule is CCOC(=O)/C(=N/N(C)C(=O)Cc1c(CC)cc(CC)cc1CC)SC.